The maximum absolute atomic E-state index is 9.52. The number of pyridine rings is 1. The lowest BCUT2D eigenvalue weighted by molar-refractivity contribution is 0.294. The largest absolute Gasteiger partial charge is 0.490 e. The molecule has 1 aromatic carbocycles. The van der Waals surface area contributed by atoms with Crippen LogP contribution in [0.15, 0.2) is 42.4 Å². The van der Waals surface area contributed by atoms with Gasteiger partial charge in [-0.15, -0.1) is 6.58 Å². The van der Waals surface area contributed by atoms with Crippen LogP contribution in [0.5, 0.6) is 11.5 Å². The Bertz CT molecular complexity index is 1210. The van der Waals surface area contributed by atoms with Crippen molar-refractivity contribution in [2.45, 2.75) is 19.4 Å². The van der Waals surface area contributed by atoms with Crippen molar-refractivity contribution in [2.75, 3.05) is 30.0 Å². The third-order valence-electron chi connectivity index (χ3n) is 4.84. The summed E-state index contributed by atoms with van der Waals surface area (Å²) >= 11 is 0. The predicted octanol–water partition coefficient (Wildman–Crippen LogP) is 2.75. The molecule has 6 N–H and O–H groups in total. The molecular weight excluding hydrogens is 420 g/mol. The second-order valence-corrected chi connectivity index (χ2v) is 6.93. The summed E-state index contributed by atoms with van der Waals surface area (Å²) in [6.07, 6.45) is 5.74. The number of aromatic nitrogens is 1. The first-order valence-corrected chi connectivity index (χ1v) is 10.1. The molecule has 10 nitrogen and oxygen atoms in total. The number of nitrogen functional groups attached to an aromatic ring is 2. The maximum Gasteiger partial charge on any atom is 0.211 e. The number of nitrogens with one attached hydrogen (secondary N) is 2. The molecule has 2 aromatic rings. The molecule has 3 rings (SSSR count). The molecule has 0 amide bonds. The minimum Gasteiger partial charge on any atom is -0.490 e. The van der Waals surface area contributed by atoms with E-state index in [9.17, 15) is 5.26 Å². The topological polar surface area (TPSA) is 167 Å². The number of nitrogens with zero attached hydrogens (tertiary/aromatic N) is 4. The fraction of sp³-hybridized carbons (Fsp3) is 0.217. The number of rotatable bonds is 8. The van der Waals surface area contributed by atoms with Crippen molar-refractivity contribution in [1.29, 1.82) is 10.5 Å². The molecule has 1 unspecified atom stereocenters. The fourth-order valence-corrected chi connectivity index (χ4v) is 3.54. The van der Waals surface area contributed by atoms with Gasteiger partial charge in [0.15, 0.2) is 17.7 Å². The van der Waals surface area contributed by atoms with Crippen molar-refractivity contribution in [2.24, 2.45) is 4.99 Å². The Hall–Kier alpha value is -4.70. The van der Waals surface area contributed by atoms with Crippen molar-refractivity contribution < 1.29 is 9.47 Å². The second-order valence-electron chi connectivity index (χ2n) is 6.93. The van der Waals surface area contributed by atoms with Crippen LogP contribution in [0.1, 0.15) is 35.2 Å². The van der Waals surface area contributed by atoms with Gasteiger partial charge in [-0.25, -0.2) is 9.98 Å². The van der Waals surface area contributed by atoms with Crippen LogP contribution in [0.4, 0.5) is 17.3 Å². The number of benzene rings is 1. The first kappa shape index (κ1) is 23.0. The minimum absolute atomic E-state index is 0.0197. The van der Waals surface area contributed by atoms with Gasteiger partial charge in [0, 0.05) is 11.1 Å². The van der Waals surface area contributed by atoms with E-state index in [1.807, 2.05) is 25.3 Å². The van der Waals surface area contributed by atoms with E-state index in [1.165, 1.54) is 0 Å². The van der Waals surface area contributed by atoms with Crippen molar-refractivity contribution >= 4 is 23.3 Å². The Morgan fingerprint density at radius 1 is 1.24 bits per heavy atom. The lowest BCUT2D eigenvalue weighted by Gasteiger charge is -2.27. The van der Waals surface area contributed by atoms with Crippen LogP contribution >= 0.6 is 0 Å². The van der Waals surface area contributed by atoms with Gasteiger partial charge in [0.05, 0.1) is 12.3 Å². The van der Waals surface area contributed by atoms with Gasteiger partial charge < -0.3 is 26.3 Å². The molecule has 2 heterocycles. The van der Waals surface area contributed by atoms with Gasteiger partial charge in [0.25, 0.3) is 0 Å². The molecule has 0 bridgehead atoms. The van der Waals surface area contributed by atoms with Crippen molar-refractivity contribution in [3.05, 3.63) is 59.7 Å². The number of nitrogens with two attached hydrogens (primary N) is 2. The number of nitriles is 2. The van der Waals surface area contributed by atoms with Crippen LogP contribution < -0.4 is 31.6 Å². The van der Waals surface area contributed by atoms with Gasteiger partial charge in [0.1, 0.15) is 35.9 Å². The number of ether oxygens (including phenoxy) is 2. The Kier molecular flexibility index (Phi) is 7.01. The summed E-state index contributed by atoms with van der Waals surface area (Å²) in [5.74, 6) is 1.54. The SMILES string of the molecule is C=CCOc1c(CC=C)cc(C2N=C(NC#N)Nc3nc(N)c(C#N)c(N)c32)cc1OCC. The first-order chi connectivity index (χ1) is 16.0. The van der Waals surface area contributed by atoms with Crippen LogP contribution in [-0.4, -0.2) is 24.2 Å². The lowest BCUT2D eigenvalue weighted by atomic mass is 9.93. The number of allylic oxidation sites excluding steroid dienone is 1. The highest BCUT2D eigenvalue weighted by Crippen LogP contribution is 2.44. The van der Waals surface area contributed by atoms with Crippen LogP contribution in [-0.2, 0) is 6.42 Å². The van der Waals surface area contributed by atoms with Crippen LogP contribution in [0.2, 0.25) is 0 Å². The Balaban J connectivity index is 2.28. The number of anilines is 3. The Morgan fingerprint density at radius 2 is 2.03 bits per heavy atom. The molecule has 33 heavy (non-hydrogen) atoms. The van der Waals surface area contributed by atoms with Gasteiger partial charge in [-0.05, 0) is 31.0 Å². The average Bonchev–Trinajstić information content (AvgIpc) is 2.78. The molecule has 0 saturated carbocycles. The number of guanidine groups is 1. The quantitative estimate of drug-likeness (QED) is 0.272. The minimum atomic E-state index is -0.700. The van der Waals surface area contributed by atoms with Gasteiger partial charge in [-0.1, -0.05) is 18.7 Å². The number of fused-ring (bicyclic) bond motifs is 1. The zero-order chi connectivity index (χ0) is 24.0. The molecule has 0 spiro atoms. The summed E-state index contributed by atoms with van der Waals surface area (Å²) < 4.78 is 11.7. The average molecular weight is 444 g/mol. The normalized spacial score (nSPS) is 13.9. The highest BCUT2D eigenvalue weighted by atomic mass is 16.5. The summed E-state index contributed by atoms with van der Waals surface area (Å²) in [4.78, 5) is 8.89. The molecule has 1 aliphatic heterocycles. The van der Waals surface area contributed by atoms with Crippen molar-refractivity contribution in [3.8, 4) is 23.8 Å². The van der Waals surface area contributed by atoms with Crippen molar-refractivity contribution in [3.63, 3.8) is 0 Å². The van der Waals surface area contributed by atoms with Crippen LogP contribution in [0.3, 0.4) is 0 Å². The standard InChI is InChI=1S/C23H24N8O2/c1-4-7-13-9-14(10-16(32-6-3)20(13)33-8-5-2)19-17-18(26)15(11-24)21(27)30-22(17)31-23(29-19)28-12-25/h4-5,9-10,19H,1-2,6-8H2,3H3,(H6,26,27,28,29,30,31). The summed E-state index contributed by atoms with van der Waals surface area (Å²) in [5, 5.41) is 24.0. The molecule has 0 fully saturated rings. The van der Waals surface area contributed by atoms with E-state index in [0.717, 1.165) is 5.56 Å². The van der Waals surface area contributed by atoms with Gasteiger partial charge in [-0.2, -0.15) is 10.5 Å². The van der Waals surface area contributed by atoms with Gasteiger partial charge in [-0.3, -0.25) is 5.32 Å². The molecule has 10 heteroatoms. The number of hydrogen-bond donors (Lipinski definition) is 4. The Morgan fingerprint density at radius 3 is 2.67 bits per heavy atom. The predicted molar refractivity (Wildman–Crippen MR) is 127 cm³/mol. The number of aliphatic imine (C=N–C) groups is 1. The van der Waals surface area contributed by atoms with E-state index in [-0.39, 0.29) is 23.0 Å². The van der Waals surface area contributed by atoms with Gasteiger partial charge in [0.2, 0.25) is 5.96 Å². The maximum atomic E-state index is 9.52. The zero-order valence-corrected chi connectivity index (χ0v) is 18.2. The zero-order valence-electron chi connectivity index (χ0n) is 18.2. The molecule has 0 radical (unpaired) electrons. The lowest BCUT2D eigenvalue weighted by Crippen LogP contribution is -2.32. The summed E-state index contributed by atoms with van der Waals surface area (Å²) in [7, 11) is 0. The summed E-state index contributed by atoms with van der Waals surface area (Å²) in [5.41, 5.74) is 14.5. The van der Waals surface area contributed by atoms with E-state index in [4.69, 9.17) is 26.2 Å². The smallest absolute Gasteiger partial charge is 0.211 e. The fourth-order valence-electron chi connectivity index (χ4n) is 3.54. The van der Waals surface area contributed by atoms with Crippen molar-refractivity contribution in [1.82, 2.24) is 10.3 Å². The highest BCUT2D eigenvalue weighted by Gasteiger charge is 2.31. The Labute approximate surface area is 191 Å². The monoisotopic (exact) mass is 444 g/mol. The molecule has 1 atom stereocenters. The van der Waals surface area contributed by atoms with E-state index in [0.29, 0.717) is 48.1 Å². The second kappa shape index (κ2) is 10.1. The van der Waals surface area contributed by atoms with E-state index in [1.54, 1.807) is 18.2 Å². The molecule has 0 aliphatic carbocycles. The third kappa shape index (κ3) is 4.50. The molecule has 1 aliphatic rings. The molecule has 1 aromatic heterocycles. The van der Waals surface area contributed by atoms with Crippen LogP contribution in [0, 0.1) is 22.8 Å². The van der Waals surface area contributed by atoms with E-state index >= 15 is 0 Å². The first-order valence-electron chi connectivity index (χ1n) is 10.1. The number of hydrogen-bond acceptors (Lipinski definition) is 10. The summed E-state index contributed by atoms with van der Waals surface area (Å²) in [6, 6.07) is 4.99. The van der Waals surface area contributed by atoms with Gasteiger partial charge >= 0.3 is 0 Å². The highest BCUT2D eigenvalue weighted by molar-refractivity contribution is 5.98. The molecular formula is C23H24N8O2. The van der Waals surface area contributed by atoms with E-state index < -0.39 is 6.04 Å². The summed E-state index contributed by atoms with van der Waals surface area (Å²) in [6.45, 7) is 10.1. The molecule has 0 saturated heterocycles. The third-order valence-corrected chi connectivity index (χ3v) is 4.84. The molecule has 168 valence electrons. The van der Waals surface area contributed by atoms with Crippen LogP contribution in [0.25, 0.3) is 0 Å². The van der Waals surface area contributed by atoms with E-state index in [2.05, 4.69) is 33.8 Å².